The number of fused-ring (bicyclic) bond motifs is 2. The summed E-state index contributed by atoms with van der Waals surface area (Å²) in [6, 6.07) is 9.89. The van der Waals surface area contributed by atoms with E-state index in [9.17, 15) is 13.5 Å². The molecular weight excluding hydrogens is 636 g/mol. The van der Waals surface area contributed by atoms with Crippen LogP contribution >= 0.6 is 11.6 Å². The average Bonchev–Trinajstić information content (AvgIpc) is 3.69. The highest BCUT2D eigenvalue weighted by Crippen LogP contribution is 2.39. The number of benzene rings is 3. The number of hydrogen-bond donors (Lipinski definition) is 3. The zero-order valence-electron chi connectivity index (χ0n) is 25.0. The van der Waals surface area contributed by atoms with Crippen molar-refractivity contribution in [3.8, 4) is 11.1 Å². The Balaban J connectivity index is 1.08. The first-order chi connectivity index (χ1) is 22.1. The van der Waals surface area contributed by atoms with Crippen molar-refractivity contribution < 1.29 is 27.0 Å². The van der Waals surface area contributed by atoms with Crippen LogP contribution in [0.2, 0.25) is 5.02 Å². The van der Waals surface area contributed by atoms with Crippen LogP contribution in [0.3, 0.4) is 0 Å². The van der Waals surface area contributed by atoms with Crippen LogP contribution in [0.25, 0.3) is 22.0 Å². The fraction of sp³-hybridized carbons (Fsp3) is 0.394. The lowest BCUT2D eigenvalue weighted by Gasteiger charge is -2.33. The number of aliphatic hydroxyl groups excluding tert-OH is 1. The lowest BCUT2D eigenvalue weighted by atomic mass is 10.0. The third-order valence-electron chi connectivity index (χ3n) is 9.14. The molecule has 0 bridgehead atoms. The van der Waals surface area contributed by atoms with Gasteiger partial charge in [-0.15, -0.1) is 0 Å². The maximum absolute atomic E-state index is 15.9. The summed E-state index contributed by atoms with van der Waals surface area (Å²) >= 11 is 6.15. The van der Waals surface area contributed by atoms with Crippen molar-refractivity contribution >= 4 is 44.2 Å². The van der Waals surface area contributed by atoms with Crippen LogP contribution in [-0.2, 0) is 21.2 Å². The molecule has 46 heavy (non-hydrogen) atoms. The number of ether oxygens (including phenoxy) is 1. The fourth-order valence-electron chi connectivity index (χ4n) is 6.75. The molecule has 3 heterocycles. The van der Waals surface area contributed by atoms with E-state index in [-0.39, 0.29) is 27.1 Å². The molecule has 1 aromatic heterocycles. The number of halogens is 3. The van der Waals surface area contributed by atoms with Gasteiger partial charge in [-0.2, -0.15) is 0 Å². The van der Waals surface area contributed by atoms with Gasteiger partial charge >= 0.3 is 0 Å². The highest BCUT2D eigenvalue weighted by Gasteiger charge is 2.30. The summed E-state index contributed by atoms with van der Waals surface area (Å²) in [6.45, 7) is 3.79. The molecule has 3 N–H and O–H groups in total. The molecule has 2 fully saturated rings. The van der Waals surface area contributed by atoms with Gasteiger partial charge in [0.1, 0.15) is 5.82 Å². The minimum absolute atomic E-state index is 0.132. The van der Waals surface area contributed by atoms with Crippen molar-refractivity contribution in [1.29, 1.82) is 0 Å². The second-order valence-corrected chi connectivity index (χ2v) is 14.3. The van der Waals surface area contributed by atoms with Gasteiger partial charge in [-0.3, -0.25) is 4.72 Å². The molecule has 3 aromatic carbocycles. The number of piperidine rings is 1. The molecule has 242 valence electrons. The molecular formula is C33H34ClF2N5O4S. The van der Waals surface area contributed by atoms with E-state index in [4.69, 9.17) is 16.3 Å². The number of anilines is 2. The SMILES string of the molecule is O=S(=O)(Nc1ccc(F)c(-c2ccc3nc(NC4CCN(CC5CCCO5)CC4)ncc3c2)c1F)c1cc(Cl)cc2c1CCC2O. The summed E-state index contributed by atoms with van der Waals surface area (Å²) < 4.78 is 65.8. The van der Waals surface area contributed by atoms with Gasteiger partial charge in [0, 0.05) is 48.9 Å². The quantitative estimate of drug-likeness (QED) is 0.207. The minimum Gasteiger partial charge on any atom is -0.388 e. The van der Waals surface area contributed by atoms with E-state index >= 15 is 8.78 Å². The van der Waals surface area contributed by atoms with Crippen LogP contribution in [0.1, 0.15) is 49.3 Å². The number of hydrogen-bond acceptors (Lipinski definition) is 8. The molecule has 0 radical (unpaired) electrons. The third kappa shape index (κ3) is 6.28. The number of nitrogens with one attached hydrogen (secondary N) is 2. The fourth-order valence-corrected chi connectivity index (χ4v) is 8.42. The molecule has 9 nitrogen and oxygen atoms in total. The smallest absolute Gasteiger partial charge is 0.262 e. The van der Waals surface area contributed by atoms with Crippen LogP contribution < -0.4 is 10.0 Å². The molecule has 13 heteroatoms. The highest BCUT2D eigenvalue weighted by atomic mass is 35.5. The molecule has 2 unspecified atom stereocenters. The standard InChI is InChI=1S/C33H34ClF2N5O4S/c34-21-15-25-24(4-8-29(25)42)30(16-21)46(43,44)40-28-7-5-26(35)31(32(28)36)19-3-6-27-20(14-19)17-37-33(39-27)38-22-9-11-41(12-10-22)18-23-2-1-13-45-23/h3,5-7,14-17,22-23,29,40,42H,1-2,4,8-13,18H2,(H,37,38,39). The Labute approximate surface area is 271 Å². The maximum atomic E-state index is 15.9. The lowest BCUT2D eigenvalue weighted by molar-refractivity contribution is 0.0654. The van der Waals surface area contributed by atoms with Crippen LogP contribution in [0.5, 0.6) is 0 Å². The van der Waals surface area contributed by atoms with E-state index < -0.39 is 33.4 Å². The zero-order valence-corrected chi connectivity index (χ0v) is 26.6. The summed E-state index contributed by atoms with van der Waals surface area (Å²) in [5, 5.41) is 14.4. The van der Waals surface area contributed by atoms with Crippen molar-refractivity contribution in [3.63, 3.8) is 0 Å². The molecule has 4 aromatic rings. The largest absolute Gasteiger partial charge is 0.388 e. The van der Waals surface area contributed by atoms with E-state index in [2.05, 4.69) is 24.9 Å². The van der Waals surface area contributed by atoms with Crippen LogP contribution in [-0.4, -0.2) is 66.8 Å². The van der Waals surface area contributed by atoms with E-state index in [1.807, 2.05) is 0 Å². The Bertz CT molecular complexity index is 1900. The van der Waals surface area contributed by atoms with Gasteiger partial charge < -0.3 is 20.1 Å². The molecule has 7 rings (SSSR count). The first kappa shape index (κ1) is 31.2. The minimum atomic E-state index is -4.32. The molecule has 2 saturated heterocycles. The van der Waals surface area contributed by atoms with Gasteiger partial charge in [-0.25, -0.2) is 27.2 Å². The Morgan fingerprint density at radius 1 is 1.07 bits per heavy atom. The number of likely N-dealkylation sites (tertiary alicyclic amines) is 1. The van der Waals surface area contributed by atoms with Gasteiger partial charge in [0.2, 0.25) is 5.95 Å². The predicted molar refractivity (Wildman–Crippen MR) is 172 cm³/mol. The van der Waals surface area contributed by atoms with Gasteiger partial charge in [0.05, 0.1) is 33.9 Å². The second kappa shape index (κ2) is 12.6. The molecule has 0 saturated carbocycles. The van der Waals surface area contributed by atoms with Gasteiger partial charge in [0.15, 0.2) is 5.82 Å². The lowest BCUT2D eigenvalue weighted by Crippen LogP contribution is -2.42. The summed E-state index contributed by atoms with van der Waals surface area (Å²) in [4.78, 5) is 11.4. The topological polar surface area (TPSA) is 117 Å². The second-order valence-electron chi connectivity index (χ2n) is 12.2. The van der Waals surface area contributed by atoms with Gasteiger partial charge in [-0.05, 0) is 91.6 Å². The van der Waals surface area contributed by atoms with E-state index in [1.165, 1.54) is 12.1 Å². The van der Waals surface area contributed by atoms with Crippen LogP contribution in [0, 0.1) is 11.6 Å². The molecule has 2 aliphatic heterocycles. The summed E-state index contributed by atoms with van der Waals surface area (Å²) in [5.41, 5.74) is 0.868. The van der Waals surface area contributed by atoms with E-state index in [0.29, 0.717) is 46.9 Å². The number of nitrogens with zero attached hydrogens (tertiary/aromatic N) is 3. The number of aliphatic hydroxyl groups is 1. The molecule has 0 spiro atoms. The number of rotatable bonds is 8. The van der Waals surface area contributed by atoms with Crippen molar-refractivity contribution in [2.24, 2.45) is 0 Å². The number of aromatic nitrogens is 2. The molecule has 0 amide bonds. The van der Waals surface area contributed by atoms with Crippen molar-refractivity contribution in [1.82, 2.24) is 14.9 Å². The third-order valence-corrected chi connectivity index (χ3v) is 10.8. The van der Waals surface area contributed by atoms with Crippen LogP contribution in [0.15, 0.2) is 53.6 Å². The Hall–Kier alpha value is -3.42. The Morgan fingerprint density at radius 3 is 2.67 bits per heavy atom. The normalized spacial score (nSPS) is 20.7. The van der Waals surface area contributed by atoms with Gasteiger partial charge in [-0.1, -0.05) is 17.7 Å². The zero-order chi connectivity index (χ0) is 32.0. The summed E-state index contributed by atoms with van der Waals surface area (Å²) in [5.74, 6) is -1.42. The van der Waals surface area contributed by atoms with Crippen molar-refractivity contribution in [2.45, 2.75) is 61.7 Å². The summed E-state index contributed by atoms with van der Waals surface area (Å²) in [6.07, 6.45) is 6.00. The molecule has 3 aliphatic rings. The Kier molecular flexibility index (Phi) is 8.58. The van der Waals surface area contributed by atoms with E-state index in [1.54, 1.807) is 24.4 Å². The van der Waals surface area contributed by atoms with E-state index in [0.717, 1.165) is 64.1 Å². The first-order valence-electron chi connectivity index (χ1n) is 15.5. The molecule has 1 aliphatic carbocycles. The number of sulfonamides is 1. The highest BCUT2D eigenvalue weighted by molar-refractivity contribution is 7.92. The predicted octanol–water partition coefficient (Wildman–Crippen LogP) is 6.06. The maximum Gasteiger partial charge on any atom is 0.262 e. The first-order valence-corrected chi connectivity index (χ1v) is 17.4. The average molecular weight is 670 g/mol. The monoisotopic (exact) mass is 669 g/mol. The Morgan fingerprint density at radius 2 is 1.89 bits per heavy atom. The molecule has 2 atom stereocenters. The van der Waals surface area contributed by atoms with Gasteiger partial charge in [0.25, 0.3) is 10.0 Å². The van der Waals surface area contributed by atoms with Crippen LogP contribution in [0.4, 0.5) is 20.4 Å². The summed E-state index contributed by atoms with van der Waals surface area (Å²) in [7, 11) is -4.32. The van der Waals surface area contributed by atoms with Crippen molar-refractivity contribution in [2.75, 3.05) is 36.3 Å². The van der Waals surface area contributed by atoms with Crippen molar-refractivity contribution in [3.05, 3.63) is 76.4 Å².